The van der Waals surface area contributed by atoms with Crippen LogP contribution in [0.3, 0.4) is 0 Å². The van der Waals surface area contributed by atoms with E-state index in [0.29, 0.717) is 5.02 Å². The zero-order chi connectivity index (χ0) is 20.5. The molecule has 0 saturated carbocycles. The number of benzene rings is 2. The van der Waals surface area contributed by atoms with E-state index < -0.39 is 27.9 Å². The molecule has 0 spiro atoms. The van der Waals surface area contributed by atoms with Crippen LogP contribution < -0.4 is 5.32 Å². The van der Waals surface area contributed by atoms with E-state index in [9.17, 15) is 18.0 Å². The first-order valence-corrected chi connectivity index (χ1v) is 10.7. The summed E-state index contributed by atoms with van der Waals surface area (Å²) in [6.07, 6.45) is 0.179. The van der Waals surface area contributed by atoms with Crippen LogP contribution in [-0.4, -0.2) is 30.6 Å². The van der Waals surface area contributed by atoms with Crippen LogP contribution >= 0.6 is 11.6 Å². The van der Waals surface area contributed by atoms with Crippen molar-refractivity contribution in [1.82, 2.24) is 9.62 Å². The van der Waals surface area contributed by atoms with Gasteiger partial charge in [-0.15, -0.1) is 0 Å². The maximum Gasteiger partial charge on any atom is 0.267 e. The van der Waals surface area contributed by atoms with Crippen LogP contribution in [0.25, 0.3) is 0 Å². The number of amides is 2. The van der Waals surface area contributed by atoms with Crippen molar-refractivity contribution < 1.29 is 18.0 Å². The number of hydrogen-bond donors (Lipinski definition) is 1. The van der Waals surface area contributed by atoms with E-state index in [1.54, 1.807) is 37.3 Å². The SMILES string of the molecule is Cc1ccc(S(=O)(=O)N2C(=O)CCC2C(=O)NCc2ccc(Cl)cc2)cc1C. The van der Waals surface area contributed by atoms with Gasteiger partial charge in [0.1, 0.15) is 6.04 Å². The second kappa shape index (κ2) is 7.93. The average Bonchev–Trinajstić information content (AvgIpc) is 3.05. The fraction of sp³-hybridized carbons (Fsp3) is 0.300. The van der Waals surface area contributed by atoms with Gasteiger partial charge in [0, 0.05) is 18.0 Å². The zero-order valence-corrected chi connectivity index (χ0v) is 17.2. The lowest BCUT2D eigenvalue weighted by Gasteiger charge is -2.24. The number of nitrogens with one attached hydrogen (secondary N) is 1. The highest BCUT2D eigenvalue weighted by atomic mass is 35.5. The Balaban J connectivity index is 1.80. The molecule has 0 radical (unpaired) electrons. The summed E-state index contributed by atoms with van der Waals surface area (Å²) in [7, 11) is -4.10. The second-order valence-electron chi connectivity index (χ2n) is 6.84. The van der Waals surface area contributed by atoms with Gasteiger partial charge in [-0.3, -0.25) is 9.59 Å². The van der Waals surface area contributed by atoms with Crippen molar-refractivity contribution in [2.75, 3.05) is 0 Å². The summed E-state index contributed by atoms with van der Waals surface area (Å²) in [6.45, 7) is 3.90. The molecule has 1 saturated heterocycles. The molecule has 148 valence electrons. The monoisotopic (exact) mass is 420 g/mol. The molecule has 8 heteroatoms. The summed E-state index contributed by atoms with van der Waals surface area (Å²) >= 11 is 5.84. The topological polar surface area (TPSA) is 83.6 Å². The van der Waals surface area contributed by atoms with E-state index in [0.717, 1.165) is 21.0 Å². The van der Waals surface area contributed by atoms with E-state index in [1.165, 1.54) is 12.1 Å². The maximum atomic E-state index is 13.0. The van der Waals surface area contributed by atoms with Crippen LogP contribution in [0.4, 0.5) is 0 Å². The lowest BCUT2D eigenvalue weighted by atomic mass is 10.1. The highest BCUT2D eigenvalue weighted by Gasteiger charge is 2.44. The molecule has 6 nitrogen and oxygen atoms in total. The summed E-state index contributed by atoms with van der Waals surface area (Å²) in [5.41, 5.74) is 2.58. The number of sulfonamides is 1. The summed E-state index contributed by atoms with van der Waals surface area (Å²) in [4.78, 5) is 25.0. The standard InChI is InChI=1S/C20H21ClN2O4S/c1-13-3-8-17(11-14(13)2)28(26,27)23-18(9-10-19(23)24)20(25)22-12-15-4-6-16(21)7-5-15/h3-8,11,18H,9-10,12H2,1-2H3,(H,22,25). The lowest BCUT2D eigenvalue weighted by molar-refractivity contribution is -0.130. The number of nitrogens with zero attached hydrogens (tertiary/aromatic N) is 1. The Kier molecular flexibility index (Phi) is 5.76. The number of carbonyl (C=O) groups is 2. The largest absolute Gasteiger partial charge is 0.350 e. The predicted molar refractivity (Wildman–Crippen MR) is 106 cm³/mol. The fourth-order valence-electron chi connectivity index (χ4n) is 3.10. The normalized spacial score (nSPS) is 17.0. The van der Waals surface area contributed by atoms with E-state index >= 15 is 0 Å². The molecule has 3 rings (SSSR count). The number of carbonyl (C=O) groups excluding carboxylic acids is 2. The minimum atomic E-state index is -4.10. The fourth-order valence-corrected chi connectivity index (χ4v) is 4.91. The minimum absolute atomic E-state index is 0.0151. The van der Waals surface area contributed by atoms with E-state index in [1.807, 2.05) is 6.92 Å². The van der Waals surface area contributed by atoms with Crippen molar-refractivity contribution in [3.05, 3.63) is 64.2 Å². The Bertz CT molecular complexity index is 1020. The van der Waals surface area contributed by atoms with Gasteiger partial charge in [-0.05, 0) is 61.2 Å². The molecule has 1 N–H and O–H groups in total. The molecule has 1 unspecified atom stereocenters. The molecule has 1 heterocycles. The molecule has 1 fully saturated rings. The smallest absolute Gasteiger partial charge is 0.267 e. The first kappa shape index (κ1) is 20.4. The van der Waals surface area contributed by atoms with Crippen molar-refractivity contribution >= 4 is 33.4 Å². The van der Waals surface area contributed by atoms with Gasteiger partial charge in [0.15, 0.2) is 0 Å². The maximum absolute atomic E-state index is 13.0. The first-order valence-electron chi connectivity index (χ1n) is 8.87. The second-order valence-corrected chi connectivity index (χ2v) is 9.09. The third kappa shape index (κ3) is 4.05. The Morgan fingerprint density at radius 1 is 1.14 bits per heavy atom. The third-order valence-corrected chi connectivity index (χ3v) is 6.96. The number of rotatable bonds is 5. The van der Waals surface area contributed by atoms with Gasteiger partial charge >= 0.3 is 0 Å². The lowest BCUT2D eigenvalue weighted by Crippen LogP contribution is -2.47. The molecule has 28 heavy (non-hydrogen) atoms. The minimum Gasteiger partial charge on any atom is -0.350 e. The number of aryl methyl sites for hydroxylation is 2. The van der Waals surface area contributed by atoms with Gasteiger partial charge in [-0.2, -0.15) is 0 Å². The Morgan fingerprint density at radius 3 is 2.46 bits per heavy atom. The van der Waals surface area contributed by atoms with E-state index in [2.05, 4.69) is 5.32 Å². The first-order chi connectivity index (χ1) is 13.2. The molecule has 2 aromatic carbocycles. The van der Waals surface area contributed by atoms with Crippen molar-refractivity contribution in [2.24, 2.45) is 0 Å². The average molecular weight is 421 g/mol. The van der Waals surface area contributed by atoms with Crippen LogP contribution in [0, 0.1) is 13.8 Å². The van der Waals surface area contributed by atoms with Crippen LogP contribution in [-0.2, 0) is 26.2 Å². The summed E-state index contributed by atoms with van der Waals surface area (Å²) in [5, 5.41) is 3.30. The van der Waals surface area contributed by atoms with Gasteiger partial charge in [-0.1, -0.05) is 29.8 Å². The van der Waals surface area contributed by atoms with E-state index in [-0.39, 0.29) is 24.3 Å². The van der Waals surface area contributed by atoms with Crippen molar-refractivity contribution in [3.63, 3.8) is 0 Å². The van der Waals surface area contributed by atoms with Crippen LogP contribution in [0.1, 0.15) is 29.5 Å². The molecule has 2 amide bonds. The van der Waals surface area contributed by atoms with Crippen LogP contribution in [0.5, 0.6) is 0 Å². The quantitative estimate of drug-likeness (QED) is 0.806. The van der Waals surface area contributed by atoms with Crippen molar-refractivity contribution in [1.29, 1.82) is 0 Å². The highest BCUT2D eigenvalue weighted by Crippen LogP contribution is 2.28. The molecular formula is C20H21ClN2O4S. The van der Waals surface area contributed by atoms with E-state index in [4.69, 9.17) is 11.6 Å². The predicted octanol–water partition coefficient (Wildman–Crippen LogP) is 2.95. The highest BCUT2D eigenvalue weighted by molar-refractivity contribution is 7.89. The van der Waals surface area contributed by atoms with Crippen LogP contribution in [0.2, 0.25) is 5.02 Å². The molecular weight excluding hydrogens is 400 g/mol. The summed E-state index contributed by atoms with van der Waals surface area (Å²) in [6, 6.07) is 10.6. The van der Waals surface area contributed by atoms with Crippen molar-refractivity contribution in [3.8, 4) is 0 Å². The summed E-state index contributed by atoms with van der Waals surface area (Å²) in [5.74, 6) is -1.06. The molecule has 1 aliphatic rings. The van der Waals surface area contributed by atoms with Gasteiger partial charge in [0.2, 0.25) is 11.8 Å². The molecule has 0 bridgehead atoms. The molecule has 1 aliphatic heterocycles. The molecule has 0 aromatic heterocycles. The summed E-state index contributed by atoms with van der Waals surface area (Å²) < 4.78 is 26.8. The number of hydrogen-bond acceptors (Lipinski definition) is 4. The van der Waals surface area contributed by atoms with Gasteiger partial charge < -0.3 is 5.32 Å². The van der Waals surface area contributed by atoms with Gasteiger partial charge in [0.05, 0.1) is 4.90 Å². The zero-order valence-electron chi connectivity index (χ0n) is 15.6. The third-order valence-electron chi connectivity index (χ3n) is 4.88. The van der Waals surface area contributed by atoms with Crippen molar-refractivity contribution in [2.45, 2.75) is 44.2 Å². The number of halogens is 1. The van der Waals surface area contributed by atoms with Gasteiger partial charge in [0.25, 0.3) is 10.0 Å². The molecule has 2 aromatic rings. The Morgan fingerprint density at radius 2 is 1.82 bits per heavy atom. The Hall–Kier alpha value is -2.38. The van der Waals surface area contributed by atoms with Crippen LogP contribution in [0.15, 0.2) is 47.4 Å². The van der Waals surface area contributed by atoms with Gasteiger partial charge in [-0.25, -0.2) is 12.7 Å². The molecule has 0 aliphatic carbocycles. The Labute approximate surface area is 169 Å². The molecule has 1 atom stereocenters.